The topological polar surface area (TPSA) is 261 Å². The molecule has 0 fully saturated rings. The summed E-state index contributed by atoms with van der Waals surface area (Å²) in [5.41, 5.74) is 6.33. The number of hydrogen-bond donors (Lipinski definition) is 10. The van der Waals surface area contributed by atoms with Crippen LogP contribution >= 0.6 is 0 Å². The number of carboxylic acid groups (broad SMARTS) is 1. The number of nitrogens with one attached hydrogen (secondary N) is 4. The summed E-state index contributed by atoms with van der Waals surface area (Å²) < 4.78 is 0. The van der Waals surface area contributed by atoms with Gasteiger partial charge >= 0.3 is 5.97 Å². The molecule has 1 aromatic rings. The van der Waals surface area contributed by atoms with E-state index in [1.807, 2.05) is 0 Å². The molecule has 0 spiro atoms. The van der Waals surface area contributed by atoms with Gasteiger partial charge in [0.05, 0.1) is 31.2 Å². The Hall–Kier alpha value is -3.63. The number of aliphatic hydroxyl groups is 4. The number of benzene rings is 1. The van der Waals surface area contributed by atoms with Crippen molar-refractivity contribution in [3.05, 3.63) is 35.9 Å². The van der Waals surface area contributed by atoms with Gasteiger partial charge < -0.3 is 52.5 Å². The lowest BCUT2D eigenvalue weighted by Crippen LogP contribution is -2.61. The van der Waals surface area contributed by atoms with Crippen molar-refractivity contribution in [1.82, 2.24) is 21.3 Å². The van der Waals surface area contributed by atoms with Crippen molar-refractivity contribution < 1.29 is 49.5 Å². The zero-order valence-corrected chi connectivity index (χ0v) is 27.2. The monoisotopic (exact) mass is 653 g/mol. The maximum atomic E-state index is 13.3. The summed E-state index contributed by atoms with van der Waals surface area (Å²) in [6.45, 7) is 9.57. The Labute approximate surface area is 269 Å². The molecule has 4 amide bonds. The van der Waals surface area contributed by atoms with Crippen molar-refractivity contribution in [2.75, 3.05) is 6.61 Å². The lowest BCUT2D eigenvalue weighted by atomic mass is 9.97. The molecule has 0 radical (unpaired) electrons. The second-order valence-corrected chi connectivity index (χ2v) is 12.5. The molecule has 15 heteroatoms. The molecule has 1 aromatic carbocycles. The summed E-state index contributed by atoms with van der Waals surface area (Å²) in [4.78, 5) is 63.2. The molecule has 0 unspecified atom stereocenters. The molecule has 1 rings (SSSR count). The second kappa shape index (κ2) is 19.1. The molecule has 0 saturated heterocycles. The number of amides is 4. The lowest BCUT2D eigenvalue weighted by Gasteiger charge is -2.31. The van der Waals surface area contributed by atoms with Gasteiger partial charge in [0.2, 0.25) is 17.7 Å². The quantitative estimate of drug-likeness (QED) is 0.0824. The van der Waals surface area contributed by atoms with Gasteiger partial charge in [0, 0.05) is 0 Å². The molecule has 0 aromatic heterocycles. The number of aliphatic carboxylic acids is 1. The minimum atomic E-state index is -2.28. The first-order valence-electron chi connectivity index (χ1n) is 15.3. The fourth-order valence-corrected chi connectivity index (χ4v) is 4.52. The fraction of sp³-hybridized carbons (Fsp3) is 0.645. The standard InChI is InChI=1S/C31H51N5O10/c1-15(2)12-20(34-30(45)24(17(5)6)36-29(44)23(32)16(3)4)28(43)35-21(14-37)25(40)26(41)27(42)31(46)33-19(13-22(38)39)18-10-8-7-9-11-18/h7-11,15-17,19-21,23-27,37,40-42H,12-14,32H2,1-6H3,(H,33,46)(H,34,45)(H,35,43)(H,36,44)(H,38,39)/t19-,20+,21-,23+,24+,25+,26+,27-/m1/s1. The molecule has 0 aliphatic carbocycles. The highest BCUT2D eigenvalue weighted by atomic mass is 16.4. The smallest absolute Gasteiger partial charge is 0.305 e. The molecule has 0 saturated carbocycles. The van der Waals surface area contributed by atoms with Crippen molar-refractivity contribution in [3.63, 3.8) is 0 Å². The average Bonchev–Trinajstić information content (AvgIpc) is 2.99. The summed E-state index contributed by atoms with van der Waals surface area (Å²) in [6.07, 6.45) is -6.98. The van der Waals surface area contributed by atoms with Gasteiger partial charge in [-0.3, -0.25) is 24.0 Å². The molecule has 0 aliphatic rings. The fourth-order valence-electron chi connectivity index (χ4n) is 4.52. The van der Waals surface area contributed by atoms with E-state index in [0.29, 0.717) is 5.56 Å². The molecular formula is C31H51N5O10. The van der Waals surface area contributed by atoms with E-state index in [2.05, 4.69) is 21.3 Å². The Bertz CT molecular complexity index is 1150. The first-order chi connectivity index (χ1) is 21.4. The van der Waals surface area contributed by atoms with Crippen molar-refractivity contribution in [2.45, 2.75) is 103 Å². The third kappa shape index (κ3) is 12.6. The number of carbonyl (C=O) groups is 5. The summed E-state index contributed by atoms with van der Waals surface area (Å²) in [7, 11) is 0. The molecule has 8 atom stereocenters. The van der Waals surface area contributed by atoms with Crippen molar-refractivity contribution in [2.24, 2.45) is 23.5 Å². The van der Waals surface area contributed by atoms with E-state index in [9.17, 15) is 49.5 Å². The van der Waals surface area contributed by atoms with Crippen LogP contribution in [-0.4, -0.2) is 104 Å². The number of aliphatic hydroxyl groups excluding tert-OH is 4. The van der Waals surface area contributed by atoms with Crippen molar-refractivity contribution >= 4 is 29.6 Å². The van der Waals surface area contributed by atoms with E-state index in [0.717, 1.165) is 0 Å². The van der Waals surface area contributed by atoms with Crippen LogP contribution < -0.4 is 27.0 Å². The highest BCUT2D eigenvalue weighted by Crippen LogP contribution is 2.18. The molecule has 15 nitrogen and oxygen atoms in total. The van der Waals surface area contributed by atoms with Crippen molar-refractivity contribution in [1.29, 1.82) is 0 Å². The molecule has 0 aliphatic heterocycles. The molecule has 11 N–H and O–H groups in total. The van der Waals surface area contributed by atoms with Crippen LogP contribution in [0.4, 0.5) is 0 Å². The maximum absolute atomic E-state index is 13.3. The van der Waals surface area contributed by atoms with E-state index in [1.165, 1.54) is 0 Å². The van der Waals surface area contributed by atoms with Crippen LogP contribution in [-0.2, 0) is 24.0 Å². The number of carbonyl (C=O) groups excluding carboxylic acids is 4. The van der Waals surface area contributed by atoms with Gasteiger partial charge in [-0.05, 0) is 29.7 Å². The first kappa shape index (κ1) is 40.4. The normalized spacial score (nSPS) is 16.8. The highest BCUT2D eigenvalue weighted by Gasteiger charge is 2.38. The van der Waals surface area contributed by atoms with Crippen LogP contribution in [0.5, 0.6) is 0 Å². The van der Waals surface area contributed by atoms with E-state index < -0.39 is 91.1 Å². The summed E-state index contributed by atoms with van der Waals surface area (Å²) >= 11 is 0. The molecular weight excluding hydrogens is 602 g/mol. The van der Waals surface area contributed by atoms with Crippen LogP contribution in [0.3, 0.4) is 0 Å². The minimum Gasteiger partial charge on any atom is -0.481 e. The van der Waals surface area contributed by atoms with Gasteiger partial charge in [-0.1, -0.05) is 71.9 Å². The Morgan fingerprint density at radius 2 is 1.33 bits per heavy atom. The first-order valence-corrected chi connectivity index (χ1v) is 15.3. The predicted octanol–water partition coefficient (Wildman–Crippen LogP) is -1.47. The van der Waals surface area contributed by atoms with Gasteiger partial charge in [-0.15, -0.1) is 0 Å². The number of carboxylic acids is 1. The Kier molecular flexibility index (Phi) is 16.8. The second-order valence-electron chi connectivity index (χ2n) is 12.5. The van der Waals surface area contributed by atoms with E-state index >= 15 is 0 Å². The largest absolute Gasteiger partial charge is 0.481 e. The number of nitrogens with two attached hydrogens (primary N) is 1. The maximum Gasteiger partial charge on any atom is 0.305 e. The Balaban J connectivity index is 3.05. The Morgan fingerprint density at radius 3 is 1.80 bits per heavy atom. The van der Waals surface area contributed by atoms with Gasteiger partial charge in [0.15, 0.2) is 6.10 Å². The zero-order valence-electron chi connectivity index (χ0n) is 27.2. The summed E-state index contributed by atoms with van der Waals surface area (Å²) in [5.74, 6) is -5.16. The summed E-state index contributed by atoms with van der Waals surface area (Å²) in [5, 5.41) is 60.9. The van der Waals surface area contributed by atoms with Crippen LogP contribution in [0.15, 0.2) is 30.3 Å². The van der Waals surface area contributed by atoms with Gasteiger partial charge in [-0.25, -0.2) is 0 Å². The van der Waals surface area contributed by atoms with Crippen LogP contribution in [0.2, 0.25) is 0 Å². The molecule has 0 heterocycles. The lowest BCUT2D eigenvalue weighted by molar-refractivity contribution is -0.145. The molecule has 260 valence electrons. The van der Waals surface area contributed by atoms with E-state index in [1.54, 1.807) is 71.9 Å². The minimum absolute atomic E-state index is 0.116. The van der Waals surface area contributed by atoms with E-state index in [4.69, 9.17) is 5.73 Å². The van der Waals surface area contributed by atoms with Crippen LogP contribution in [0.25, 0.3) is 0 Å². The third-order valence-corrected chi connectivity index (χ3v) is 7.38. The SMILES string of the molecule is CC(C)C[C@H](NC(=O)[C@@H](NC(=O)[C@@H](N)C(C)C)C(C)C)C(=O)N[C@H](CO)[C@H](O)[C@H](O)[C@@H](O)C(=O)N[C@H](CC(=O)O)c1ccccc1. The highest BCUT2D eigenvalue weighted by molar-refractivity contribution is 5.93. The molecule has 0 bridgehead atoms. The van der Waals surface area contributed by atoms with Gasteiger partial charge in [0.1, 0.15) is 24.3 Å². The van der Waals surface area contributed by atoms with Gasteiger partial charge in [0.25, 0.3) is 5.91 Å². The summed E-state index contributed by atoms with van der Waals surface area (Å²) in [6, 6.07) is 2.30. The predicted molar refractivity (Wildman–Crippen MR) is 168 cm³/mol. The molecule has 46 heavy (non-hydrogen) atoms. The Morgan fingerprint density at radius 1 is 0.739 bits per heavy atom. The number of hydrogen-bond acceptors (Lipinski definition) is 10. The zero-order chi connectivity index (χ0) is 35.3. The van der Waals surface area contributed by atoms with Crippen LogP contribution in [0, 0.1) is 17.8 Å². The van der Waals surface area contributed by atoms with Gasteiger partial charge in [-0.2, -0.15) is 0 Å². The third-order valence-electron chi connectivity index (χ3n) is 7.38. The van der Waals surface area contributed by atoms with Crippen LogP contribution in [0.1, 0.15) is 66.0 Å². The average molecular weight is 654 g/mol. The number of rotatable bonds is 19. The van der Waals surface area contributed by atoms with Crippen molar-refractivity contribution in [3.8, 4) is 0 Å². The van der Waals surface area contributed by atoms with E-state index in [-0.39, 0.29) is 24.2 Å².